The summed E-state index contributed by atoms with van der Waals surface area (Å²) in [5, 5.41) is 2.99. The molecule has 0 spiro atoms. The van der Waals surface area contributed by atoms with Crippen molar-refractivity contribution >= 4 is 11.7 Å². The van der Waals surface area contributed by atoms with Gasteiger partial charge < -0.3 is 19.7 Å². The van der Waals surface area contributed by atoms with E-state index in [1.807, 2.05) is 33.7 Å². The van der Waals surface area contributed by atoms with Gasteiger partial charge in [-0.1, -0.05) is 12.1 Å². The van der Waals surface area contributed by atoms with Crippen molar-refractivity contribution in [2.24, 2.45) is 0 Å². The Morgan fingerprint density at radius 1 is 1.29 bits per heavy atom. The first-order chi connectivity index (χ1) is 13.7. The number of rotatable bonds is 5. The Labute approximate surface area is 163 Å². The number of urea groups is 1. The second-order valence-corrected chi connectivity index (χ2v) is 6.73. The van der Waals surface area contributed by atoms with E-state index in [0.717, 1.165) is 29.1 Å². The maximum Gasteiger partial charge on any atom is 0.317 e. The number of hydrogen-bond donors (Lipinski definition) is 1. The highest BCUT2D eigenvalue weighted by Crippen LogP contribution is 2.39. The van der Waals surface area contributed by atoms with E-state index >= 15 is 0 Å². The van der Waals surface area contributed by atoms with E-state index in [4.69, 9.17) is 9.47 Å². The molecule has 8 heteroatoms. The minimum Gasteiger partial charge on any atom is -0.493 e. The van der Waals surface area contributed by atoms with Gasteiger partial charge in [-0.15, -0.1) is 0 Å². The monoisotopic (exact) mass is 381 g/mol. The number of carbonyl (C=O) groups excluding carboxylic acids is 1. The smallest absolute Gasteiger partial charge is 0.317 e. The fraction of sp³-hybridized carbons (Fsp3) is 0.350. The first-order valence-electron chi connectivity index (χ1n) is 9.21. The molecular weight excluding hydrogens is 358 g/mol. The highest BCUT2D eigenvalue weighted by Gasteiger charge is 2.30. The van der Waals surface area contributed by atoms with Crippen molar-refractivity contribution < 1.29 is 14.3 Å². The number of benzene rings is 1. The summed E-state index contributed by atoms with van der Waals surface area (Å²) in [5.74, 6) is 1.68. The molecule has 4 rings (SSSR count). The van der Waals surface area contributed by atoms with Crippen LogP contribution in [0, 0.1) is 0 Å². The van der Waals surface area contributed by atoms with Gasteiger partial charge in [0.25, 0.3) is 0 Å². The maximum atomic E-state index is 12.6. The number of amides is 2. The summed E-state index contributed by atoms with van der Waals surface area (Å²) in [6.45, 7) is 1.76. The molecule has 8 nitrogen and oxygen atoms in total. The molecule has 1 N–H and O–H groups in total. The Hall–Kier alpha value is -3.29. The molecule has 0 bridgehead atoms. The molecule has 1 aromatic carbocycles. The quantitative estimate of drug-likeness (QED) is 0.734. The van der Waals surface area contributed by atoms with Crippen molar-refractivity contribution in [1.29, 1.82) is 0 Å². The van der Waals surface area contributed by atoms with Crippen LogP contribution in [0.2, 0.25) is 0 Å². The van der Waals surface area contributed by atoms with Crippen LogP contribution in [0.1, 0.15) is 23.6 Å². The summed E-state index contributed by atoms with van der Waals surface area (Å²) in [6.07, 6.45) is 7.87. The van der Waals surface area contributed by atoms with Crippen molar-refractivity contribution in [2.75, 3.05) is 27.3 Å². The molecule has 1 aliphatic heterocycles. The molecule has 3 aromatic rings. The second-order valence-electron chi connectivity index (χ2n) is 6.73. The summed E-state index contributed by atoms with van der Waals surface area (Å²) >= 11 is 0. The molecule has 0 radical (unpaired) electrons. The number of ether oxygens (including phenoxy) is 2. The second kappa shape index (κ2) is 7.75. The molecule has 1 aliphatic rings. The van der Waals surface area contributed by atoms with Crippen LogP contribution in [0.15, 0.2) is 43.0 Å². The molecule has 146 valence electrons. The Kier molecular flexibility index (Phi) is 5.01. The molecule has 2 aromatic heterocycles. The zero-order valence-electron chi connectivity index (χ0n) is 16.0. The predicted molar refractivity (Wildman–Crippen MR) is 104 cm³/mol. The lowest BCUT2D eigenvalue weighted by Crippen LogP contribution is -2.38. The van der Waals surface area contributed by atoms with E-state index in [2.05, 4.69) is 15.3 Å². The molecular formula is C20H23N5O3. The van der Waals surface area contributed by atoms with Crippen LogP contribution in [-0.4, -0.2) is 52.6 Å². The minimum atomic E-state index is -0.0756. The van der Waals surface area contributed by atoms with Gasteiger partial charge in [0.15, 0.2) is 17.1 Å². The summed E-state index contributed by atoms with van der Waals surface area (Å²) < 4.78 is 12.9. The third-order valence-corrected chi connectivity index (χ3v) is 5.16. The first kappa shape index (κ1) is 18.1. The number of nitrogens with zero attached hydrogens (tertiary/aromatic N) is 4. The van der Waals surface area contributed by atoms with Gasteiger partial charge in [-0.2, -0.15) is 0 Å². The van der Waals surface area contributed by atoms with E-state index in [1.165, 1.54) is 0 Å². The Morgan fingerprint density at radius 2 is 2.18 bits per heavy atom. The molecule has 0 aliphatic carbocycles. The topological polar surface area (TPSA) is 81.0 Å². The van der Waals surface area contributed by atoms with Gasteiger partial charge >= 0.3 is 6.03 Å². The number of methoxy groups -OCH3 is 2. The number of hydrogen-bond acceptors (Lipinski definition) is 5. The molecule has 28 heavy (non-hydrogen) atoms. The maximum absolute atomic E-state index is 12.6. The SMILES string of the molecule is COc1cccc(C2CCN(C(=O)NCc3cnc4cnccn34)C2)c1OC. The number of aromatic nitrogens is 3. The molecule has 1 atom stereocenters. The predicted octanol–water partition coefficient (Wildman–Crippen LogP) is 2.45. The number of carbonyl (C=O) groups is 1. The zero-order chi connectivity index (χ0) is 19.5. The largest absolute Gasteiger partial charge is 0.493 e. The number of fused-ring (bicyclic) bond motifs is 1. The molecule has 2 amide bonds. The van der Waals surface area contributed by atoms with Gasteiger partial charge in [0.1, 0.15) is 0 Å². The third-order valence-electron chi connectivity index (χ3n) is 5.16. The van der Waals surface area contributed by atoms with Crippen molar-refractivity contribution in [3.63, 3.8) is 0 Å². The van der Waals surface area contributed by atoms with Crippen LogP contribution in [0.4, 0.5) is 4.79 Å². The van der Waals surface area contributed by atoms with Crippen LogP contribution in [0.3, 0.4) is 0 Å². The van der Waals surface area contributed by atoms with E-state index in [9.17, 15) is 4.79 Å². The van der Waals surface area contributed by atoms with Gasteiger partial charge in [0.05, 0.1) is 38.9 Å². The standard InChI is InChI=1S/C20H23N5O3/c1-27-17-5-3-4-16(19(17)28-2)14-6-8-24(13-14)20(26)23-11-15-10-22-18-12-21-7-9-25(15)18/h3-5,7,9-10,12,14H,6,8,11,13H2,1-2H3,(H,23,26). The van der Waals surface area contributed by atoms with Crippen LogP contribution >= 0.6 is 0 Å². The van der Waals surface area contributed by atoms with E-state index in [1.54, 1.807) is 32.8 Å². The average Bonchev–Trinajstić information content (AvgIpc) is 3.39. The zero-order valence-corrected chi connectivity index (χ0v) is 16.0. The van der Waals surface area contributed by atoms with Crippen LogP contribution in [-0.2, 0) is 6.54 Å². The van der Waals surface area contributed by atoms with Gasteiger partial charge in [-0.25, -0.2) is 9.78 Å². The summed E-state index contributed by atoms with van der Waals surface area (Å²) in [4.78, 5) is 22.8. The fourth-order valence-electron chi connectivity index (χ4n) is 3.74. The third kappa shape index (κ3) is 3.33. The van der Waals surface area contributed by atoms with Crippen LogP contribution in [0.25, 0.3) is 5.65 Å². The highest BCUT2D eigenvalue weighted by atomic mass is 16.5. The highest BCUT2D eigenvalue weighted by molar-refractivity contribution is 5.74. The number of nitrogens with one attached hydrogen (secondary N) is 1. The summed E-state index contributed by atoms with van der Waals surface area (Å²) in [6, 6.07) is 5.81. The van der Waals surface area contributed by atoms with Crippen molar-refractivity contribution in [3.05, 3.63) is 54.2 Å². The summed E-state index contributed by atoms with van der Waals surface area (Å²) in [5.41, 5.74) is 2.75. The lowest BCUT2D eigenvalue weighted by atomic mass is 9.97. The first-order valence-corrected chi connectivity index (χ1v) is 9.21. The van der Waals surface area contributed by atoms with Crippen LogP contribution < -0.4 is 14.8 Å². The van der Waals surface area contributed by atoms with E-state index < -0.39 is 0 Å². The Bertz CT molecular complexity index is 987. The van der Waals surface area contributed by atoms with Crippen molar-refractivity contribution in [1.82, 2.24) is 24.6 Å². The Balaban J connectivity index is 1.41. The molecule has 1 fully saturated rings. The fourth-order valence-corrected chi connectivity index (χ4v) is 3.74. The van der Waals surface area contributed by atoms with Gasteiger partial charge in [0.2, 0.25) is 0 Å². The van der Waals surface area contributed by atoms with Gasteiger partial charge in [-0.05, 0) is 12.5 Å². The van der Waals surface area contributed by atoms with E-state index in [0.29, 0.717) is 25.4 Å². The van der Waals surface area contributed by atoms with Crippen molar-refractivity contribution in [3.8, 4) is 11.5 Å². The summed E-state index contributed by atoms with van der Waals surface area (Å²) in [7, 11) is 3.28. The average molecular weight is 381 g/mol. The Morgan fingerprint density at radius 3 is 3.00 bits per heavy atom. The molecule has 1 saturated heterocycles. The lowest BCUT2D eigenvalue weighted by Gasteiger charge is -2.19. The van der Waals surface area contributed by atoms with Gasteiger partial charge in [-0.3, -0.25) is 9.38 Å². The number of likely N-dealkylation sites (tertiary alicyclic amines) is 1. The van der Waals surface area contributed by atoms with E-state index in [-0.39, 0.29) is 11.9 Å². The van der Waals surface area contributed by atoms with Crippen molar-refractivity contribution in [2.45, 2.75) is 18.9 Å². The lowest BCUT2D eigenvalue weighted by molar-refractivity contribution is 0.207. The normalized spacial score (nSPS) is 16.4. The van der Waals surface area contributed by atoms with Crippen LogP contribution in [0.5, 0.6) is 11.5 Å². The molecule has 0 saturated carbocycles. The minimum absolute atomic E-state index is 0.0756. The molecule has 3 heterocycles. The molecule has 1 unspecified atom stereocenters. The van der Waals surface area contributed by atoms with Gasteiger partial charge in [0, 0.05) is 37.0 Å². The number of imidazole rings is 1. The number of para-hydroxylation sites is 1.